The Balaban J connectivity index is 2.42. The second kappa shape index (κ2) is 5.34. The van der Waals surface area contributed by atoms with Crippen LogP contribution in [0.3, 0.4) is 0 Å². The summed E-state index contributed by atoms with van der Waals surface area (Å²) in [5.74, 6) is -2.42. The maximum atomic E-state index is 12.3. The zero-order chi connectivity index (χ0) is 16.9. The molecule has 0 saturated carbocycles. The summed E-state index contributed by atoms with van der Waals surface area (Å²) in [5, 5.41) is 48.5. The van der Waals surface area contributed by atoms with Crippen LogP contribution in [0.25, 0.3) is 22.3 Å². The van der Waals surface area contributed by atoms with E-state index in [1.807, 2.05) is 0 Å². The minimum atomic E-state index is -0.865. The number of hydrogen-bond acceptors (Lipinski definition) is 7. The molecule has 0 saturated heterocycles. The van der Waals surface area contributed by atoms with Crippen LogP contribution in [-0.2, 0) is 0 Å². The Bertz CT molecular complexity index is 1010. The average Bonchev–Trinajstić information content (AvgIpc) is 2.48. The van der Waals surface area contributed by atoms with E-state index in [2.05, 4.69) is 0 Å². The van der Waals surface area contributed by atoms with Gasteiger partial charge in [0.25, 0.3) is 0 Å². The quantitative estimate of drug-likeness (QED) is 0.244. The Hall–Kier alpha value is -2.43. The van der Waals surface area contributed by atoms with Crippen molar-refractivity contribution in [2.24, 2.45) is 0 Å². The topological polar surface area (TPSA) is 131 Å². The van der Waals surface area contributed by atoms with Crippen LogP contribution in [0.2, 0.25) is 0 Å². The SMILES string of the molecule is O=c1c(O)c(-c2ccc(O)c(O)[c]2[Tl])oc2cc(O)cc(O)c12. The summed E-state index contributed by atoms with van der Waals surface area (Å²) in [5.41, 5.74) is -0.724. The number of rotatable bonds is 1. The normalized spacial score (nSPS) is 10.9. The fourth-order valence-corrected chi connectivity index (χ4v) is 3.71. The van der Waals surface area contributed by atoms with Gasteiger partial charge in [0.1, 0.15) is 0 Å². The number of aromatic hydroxyl groups is 5. The molecule has 5 N–H and O–H groups in total. The van der Waals surface area contributed by atoms with Crippen molar-refractivity contribution in [3.05, 3.63) is 34.5 Å². The molecule has 2 aromatic carbocycles. The van der Waals surface area contributed by atoms with Crippen LogP contribution in [0.15, 0.2) is 33.5 Å². The Morgan fingerprint density at radius 1 is 0.913 bits per heavy atom. The predicted octanol–water partition coefficient (Wildman–Crippen LogP) is 0.782. The van der Waals surface area contributed by atoms with Gasteiger partial charge in [-0.1, -0.05) is 0 Å². The molecule has 0 amide bonds. The summed E-state index contributed by atoms with van der Waals surface area (Å²) in [7, 11) is 0. The van der Waals surface area contributed by atoms with Crippen LogP contribution < -0.4 is 8.55 Å². The Morgan fingerprint density at radius 3 is 2.30 bits per heavy atom. The molecule has 0 fully saturated rings. The van der Waals surface area contributed by atoms with Crippen LogP contribution >= 0.6 is 0 Å². The van der Waals surface area contributed by atoms with E-state index in [4.69, 9.17) is 4.42 Å². The number of benzene rings is 2. The second-order valence-corrected chi connectivity index (χ2v) is 7.09. The molecule has 8 heteroatoms. The van der Waals surface area contributed by atoms with E-state index in [1.165, 1.54) is 12.1 Å². The molecule has 0 radical (unpaired) electrons. The van der Waals surface area contributed by atoms with E-state index in [0.29, 0.717) is 3.12 Å². The first kappa shape index (κ1) is 15.5. The first-order chi connectivity index (χ1) is 10.8. The molecular weight excluding hydrogens is 497 g/mol. The van der Waals surface area contributed by atoms with Gasteiger partial charge >= 0.3 is 144 Å². The molecule has 1 heterocycles. The second-order valence-electron chi connectivity index (χ2n) is 4.84. The van der Waals surface area contributed by atoms with Gasteiger partial charge in [-0.3, -0.25) is 0 Å². The van der Waals surface area contributed by atoms with Gasteiger partial charge in [0.2, 0.25) is 0 Å². The third-order valence-electron chi connectivity index (χ3n) is 3.38. The fraction of sp³-hybridized carbons (Fsp3) is 0. The van der Waals surface area contributed by atoms with E-state index in [1.54, 1.807) is 0 Å². The Morgan fingerprint density at radius 2 is 1.61 bits per heavy atom. The zero-order valence-electron chi connectivity index (χ0n) is 11.4. The van der Waals surface area contributed by atoms with Crippen molar-refractivity contribution in [2.75, 3.05) is 0 Å². The molecule has 0 unspecified atom stereocenters. The summed E-state index contributed by atoms with van der Waals surface area (Å²) in [6.45, 7) is 0. The molecule has 7 nitrogen and oxygen atoms in total. The predicted molar refractivity (Wildman–Crippen MR) is 81.6 cm³/mol. The molecule has 114 valence electrons. The molecular formula is C15H9O7Tl. The number of phenols is 4. The van der Waals surface area contributed by atoms with Gasteiger partial charge in [-0.05, 0) is 0 Å². The Kier molecular flexibility index (Phi) is 3.59. The van der Waals surface area contributed by atoms with Crippen LogP contribution in [0.1, 0.15) is 0 Å². The standard InChI is InChI=1S/C15H9O7.Tl/c16-7-4-10(19)12-11(5-7)22-15(14(21)13(12)20)6-1-2-8(17)9(18)3-6;/h1-2,4-5,16-19,21H;. The maximum absolute atomic E-state index is 12.3. The van der Waals surface area contributed by atoms with E-state index < -0.39 is 16.9 Å². The number of phenolic OH excluding ortho intramolecular Hbond substituents is 4. The van der Waals surface area contributed by atoms with Crippen LogP contribution in [0, 0.1) is 0 Å². The van der Waals surface area contributed by atoms with Crippen LogP contribution in [-0.4, -0.2) is 51.3 Å². The summed E-state index contributed by atoms with van der Waals surface area (Å²) in [6, 6.07) is 4.70. The summed E-state index contributed by atoms with van der Waals surface area (Å²) < 4.78 is 5.81. The fourth-order valence-electron chi connectivity index (χ4n) is 2.25. The molecule has 3 aromatic rings. The van der Waals surface area contributed by atoms with Gasteiger partial charge in [0.15, 0.2) is 0 Å². The molecule has 23 heavy (non-hydrogen) atoms. The summed E-state index contributed by atoms with van der Waals surface area (Å²) >= 11 is 0.0695. The van der Waals surface area contributed by atoms with Crippen molar-refractivity contribution in [1.82, 2.24) is 0 Å². The first-order valence-corrected chi connectivity index (χ1v) is 8.58. The molecule has 0 aliphatic rings. The molecule has 0 spiro atoms. The molecule has 1 aromatic heterocycles. The molecule has 0 bridgehead atoms. The molecule has 3 rings (SSSR count). The van der Waals surface area contributed by atoms with Gasteiger partial charge in [0.05, 0.1) is 0 Å². The zero-order valence-corrected chi connectivity index (χ0v) is 15.9. The van der Waals surface area contributed by atoms with Gasteiger partial charge in [0, 0.05) is 0 Å². The number of fused-ring (bicyclic) bond motifs is 1. The monoisotopic (exact) mass is 506 g/mol. The first-order valence-electron chi connectivity index (χ1n) is 6.33. The molecule has 0 aliphatic carbocycles. The third kappa shape index (κ3) is 2.36. The van der Waals surface area contributed by atoms with E-state index in [0.717, 1.165) is 12.1 Å². The van der Waals surface area contributed by atoms with Gasteiger partial charge in [-0.15, -0.1) is 0 Å². The molecule has 0 atom stereocenters. The van der Waals surface area contributed by atoms with Crippen molar-refractivity contribution >= 4 is 39.9 Å². The Labute approximate surface area is 144 Å². The average molecular weight is 506 g/mol. The minimum absolute atomic E-state index is 0.0695. The van der Waals surface area contributed by atoms with E-state index >= 15 is 0 Å². The van der Waals surface area contributed by atoms with Gasteiger partial charge < -0.3 is 0 Å². The van der Waals surface area contributed by atoms with E-state index in [-0.39, 0.29) is 65.3 Å². The third-order valence-corrected chi connectivity index (χ3v) is 5.65. The molecule has 0 aliphatic heterocycles. The summed E-state index contributed by atoms with van der Waals surface area (Å²) in [6.07, 6.45) is 0. The van der Waals surface area contributed by atoms with Crippen molar-refractivity contribution in [3.8, 4) is 40.1 Å². The van der Waals surface area contributed by atoms with Crippen molar-refractivity contribution in [3.63, 3.8) is 0 Å². The van der Waals surface area contributed by atoms with Crippen molar-refractivity contribution < 1.29 is 29.9 Å². The van der Waals surface area contributed by atoms with Gasteiger partial charge in [-0.2, -0.15) is 0 Å². The van der Waals surface area contributed by atoms with Crippen molar-refractivity contribution in [1.29, 1.82) is 0 Å². The van der Waals surface area contributed by atoms with Crippen molar-refractivity contribution in [2.45, 2.75) is 0 Å². The van der Waals surface area contributed by atoms with E-state index in [9.17, 15) is 30.3 Å². The van der Waals surface area contributed by atoms with Crippen LogP contribution in [0.4, 0.5) is 0 Å². The van der Waals surface area contributed by atoms with Gasteiger partial charge in [-0.25, -0.2) is 0 Å². The van der Waals surface area contributed by atoms with Crippen LogP contribution in [0.5, 0.6) is 28.7 Å². The summed E-state index contributed by atoms with van der Waals surface area (Å²) in [4.78, 5) is 12.3. The number of hydrogen-bond donors (Lipinski definition) is 5.